The minimum atomic E-state index is -0.506. The van der Waals surface area contributed by atoms with Gasteiger partial charge in [-0.05, 0) is 36.8 Å². The van der Waals surface area contributed by atoms with Crippen molar-refractivity contribution in [2.45, 2.75) is 32.6 Å². The van der Waals surface area contributed by atoms with E-state index in [0.29, 0.717) is 17.0 Å². The molecule has 2 rings (SSSR count). The van der Waals surface area contributed by atoms with Crippen molar-refractivity contribution >= 4 is 28.2 Å². The Kier molecular flexibility index (Phi) is 5.76. The Balaban J connectivity index is 1.79. The maximum atomic E-state index is 12.0. The molecule has 6 heteroatoms. The van der Waals surface area contributed by atoms with Crippen LogP contribution in [0.5, 0.6) is 0 Å². The van der Waals surface area contributed by atoms with Crippen LogP contribution in [0, 0.1) is 5.92 Å². The molecule has 0 radical (unpaired) electrons. The number of carbonyl (C=O) groups is 2. The van der Waals surface area contributed by atoms with Gasteiger partial charge in [0.15, 0.2) is 0 Å². The number of rotatable bonds is 6. The zero-order valence-electron chi connectivity index (χ0n) is 12.4. The average molecular weight is 309 g/mol. The second kappa shape index (κ2) is 7.56. The Morgan fingerprint density at radius 3 is 3.05 bits per heavy atom. The van der Waals surface area contributed by atoms with Gasteiger partial charge < -0.3 is 16.0 Å². The molecule has 0 spiro atoms. The van der Waals surface area contributed by atoms with E-state index in [1.165, 1.54) is 30.6 Å². The van der Waals surface area contributed by atoms with Gasteiger partial charge in [0.05, 0.1) is 5.56 Å². The molecule has 1 atom stereocenters. The maximum absolute atomic E-state index is 12.0. The molecule has 116 valence electrons. The summed E-state index contributed by atoms with van der Waals surface area (Å²) in [6.07, 6.45) is 4.18. The molecule has 0 unspecified atom stereocenters. The first-order valence-electron chi connectivity index (χ1n) is 7.49. The van der Waals surface area contributed by atoms with Crippen molar-refractivity contribution < 1.29 is 9.59 Å². The number of piperidine rings is 1. The average Bonchev–Trinajstić information content (AvgIpc) is 2.93. The number of thiophene rings is 1. The zero-order chi connectivity index (χ0) is 15.2. The fraction of sp³-hybridized carbons (Fsp3) is 0.600. The molecule has 2 heterocycles. The minimum Gasteiger partial charge on any atom is -0.366 e. The summed E-state index contributed by atoms with van der Waals surface area (Å²) in [6, 6.07) is 1.64. The SMILES string of the molecule is CC[C@H]1CCCN(CCC(=O)Nc2sccc2C(N)=O)C1. The fourth-order valence-electron chi connectivity index (χ4n) is 2.74. The minimum absolute atomic E-state index is 0.0569. The van der Waals surface area contributed by atoms with E-state index >= 15 is 0 Å². The molecule has 0 bridgehead atoms. The van der Waals surface area contributed by atoms with Crippen molar-refractivity contribution in [1.82, 2.24) is 4.90 Å². The third-order valence-corrected chi connectivity index (χ3v) is 4.85. The second-order valence-corrected chi connectivity index (χ2v) is 6.46. The number of anilines is 1. The molecule has 1 aliphatic rings. The Hall–Kier alpha value is -1.40. The van der Waals surface area contributed by atoms with E-state index in [1.54, 1.807) is 11.4 Å². The maximum Gasteiger partial charge on any atom is 0.251 e. The van der Waals surface area contributed by atoms with Crippen LogP contribution in [0.2, 0.25) is 0 Å². The molecule has 2 amide bonds. The highest BCUT2D eigenvalue weighted by atomic mass is 32.1. The zero-order valence-corrected chi connectivity index (χ0v) is 13.2. The molecule has 3 N–H and O–H groups in total. The van der Waals surface area contributed by atoms with E-state index < -0.39 is 5.91 Å². The summed E-state index contributed by atoms with van der Waals surface area (Å²) in [5, 5.41) is 5.10. The summed E-state index contributed by atoms with van der Waals surface area (Å²) in [5.74, 6) is 0.201. The van der Waals surface area contributed by atoms with Crippen molar-refractivity contribution in [3.8, 4) is 0 Å². The number of likely N-dealkylation sites (tertiary alicyclic amines) is 1. The lowest BCUT2D eigenvalue weighted by molar-refractivity contribution is -0.116. The number of carbonyl (C=O) groups excluding carboxylic acids is 2. The van der Waals surface area contributed by atoms with Crippen LogP contribution in [0.25, 0.3) is 0 Å². The largest absolute Gasteiger partial charge is 0.366 e. The number of nitrogens with zero attached hydrogens (tertiary/aromatic N) is 1. The van der Waals surface area contributed by atoms with Gasteiger partial charge in [0.25, 0.3) is 5.91 Å². The van der Waals surface area contributed by atoms with Gasteiger partial charge in [0.1, 0.15) is 5.00 Å². The Morgan fingerprint density at radius 1 is 1.52 bits per heavy atom. The molecule has 1 aromatic rings. The summed E-state index contributed by atoms with van der Waals surface area (Å²) in [5.41, 5.74) is 5.65. The lowest BCUT2D eigenvalue weighted by atomic mass is 9.95. The van der Waals surface area contributed by atoms with Crippen LogP contribution >= 0.6 is 11.3 Å². The van der Waals surface area contributed by atoms with Crippen molar-refractivity contribution in [1.29, 1.82) is 0 Å². The van der Waals surface area contributed by atoms with E-state index in [0.717, 1.165) is 25.6 Å². The molecule has 1 aliphatic heterocycles. The van der Waals surface area contributed by atoms with Crippen LogP contribution in [0.15, 0.2) is 11.4 Å². The summed E-state index contributed by atoms with van der Waals surface area (Å²) in [6.45, 7) is 5.17. The highest BCUT2D eigenvalue weighted by molar-refractivity contribution is 7.14. The number of hydrogen-bond donors (Lipinski definition) is 2. The quantitative estimate of drug-likeness (QED) is 0.846. The molecule has 1 aromatic heterocycles. The van der Waals surface area contributed by atoms with E-state index in [9.17, 15) is 9.59 Å². The monoisotopic (exact) mass is 309 g/mol. The van der Waals surface area contributed by atoms with Crippen LogP contribution in [0.3, 0.4) is 0 Å². The molecular formula is C15H23N3O2S. The second-order valence-electron chi connectivity index (χ2n) is 5.54. The summed E-state index contributed by atoms with van der Waals surface area (Å²) >= 11 is 1.33. The predicted octanol–water partition coefficient (Wildman–Crippen LogP) is 2.30. The van der Waals surface area contributed by atoms with E-state index in [-0.39, 0.29) is 5.91 Å². The van der Waals surface area contributed by atoms with Gasteiger partial charge in [-0.15, -0.1) is 11.3 Å². The van der Waals surface area contributed by atoms with Crippen LogP contribution in [-0.2, 0) is 4.79 Å². The predicted molar refractivity (Wildman–Crippen MR) is 85.5 cm³/mol. The standard InChI is InChI=1S/C15H23N3O2S/c1-2-11-4-3-7-18(10-11)8-5-13(19)17-15-12(14(16)20)6-9-21-15/h6,9,11H,2-5,7-8,10H2,1H3,(H2,16,20)(H,17,19)/t11-/m0/s1. The molecule has 0 aliphatic carbocycles. The highest BCUT2D eigenvalue weighted by Gasteiger charge is 2.19. The van der Waals surface area contributed by atoms with Gasteiger partial charge >= 0.3 is 0 Å². The lowest BCUT2D eigenvalue weighted by Gasteiger charge is -2.31. The van der Waals surface area contributed by atoms with Gasteiger partial charge in [-0.1, -0.05) is 13.3 Å². The Morgan fingerprint density at radius 2 is 2.33 bits per heavy atom. The van der Waals surface area contributed by atoms with Gasteiger partial charge in [-0.2, -0.15) is 0 Å². The van der Waals surface area contributed by atoms with Gasteiger partial charge in [-0.3, -0.25) is 9.59 Å². The van der Waals surface area contributed by atoms with E-state index in [2.05, 4.69) is 17.1 Å². The number of nitrogens with one attached hydrogen (secondary N) is 1. The summed E-state index contributed by atoms with van der Waals surface area (Å²) in [7, 11) is 0. The Labute approximate surface area is 129 Å². The van der Waals surface area contributed by atoms with Crippen LogP contribution in [0.4, 0.5) is 5.00 Å². The first-order chi connectivity index (χ1) is 10.1. The highest BCUT2D eigenvalue weighted by Crippen LogP contribution is 2.23. The van der Waals surface area contributed by atoms with Crippen molar-refractivity contribution in [2.75, 3.05) is 25.0 Å². The van der Waals surface area contributed by atoms with Crippen molar-refractivity contribution in [2.24, 2.45) is 11.7 Å². The smallest absolute Gasteiger partial charge is 0.251 e. The third-order valence-electron chi connectivity index (χ3n) is 4.02. The lowest BCUT2D eigenvalue weighted by Crippen LogP contribution is -2.37. The normalized spacial score (nSPS) is 19.4. The summed E-state index contributed by atoms with van der Waals surface area (Å²) < 4.78 is 0. The molecule has 5 nitrogen and oxygen atoms in total. The summed E-state index contributed by atoms with van der Waals surface area (Å²) in [4.78, 5) is 25.6. The van der Waals surface area contributed by atoms with Gasteiger partial charge in [0.2, 0.25) is 5.91 Å². The first kappa shape index (κ1) is 16.0. The van der Waals surface area contributed by atoms with Crippen molar-refractivity contribution in [3.63, 3.8) is 0 Å². The number of nitrogens with two attached hydrogens (primary N) is 1. The molecule has 1 saturated heterocycles. The van der Waals surface area contributed by atoms with E-state index in [1.807, 2.05) is 0 Å². The van der Waals surface area contributed by atoms with Gasteiger partial charge in [-0.25, -0.2) is 0 Å². The first-order valence-corrected chi connectivity index (χ1v) is 8.37. The number of amides is 2. The van der Waals surface area contributed by atoms with Crippen molar-refractivity contribution in [3.05, 3.63) is 17.0 Å². The topological polar surface area (TPSA) is 75.4 Å². The Bertz CT molecular complexity index is 501. The molecular weight excluding hydrogens is 286 g/mol. The molecule has 1 fully saturated rings. The fourth-order valence-corrected chi connectivity index (χ4v) is 3.55. The van der Waals surface area contributed by atoms with Crippen LogP contribution < -0.4 is 11.1 Å². The van der Waals surface area contributed by atoms with Crippen LogP contribution in [0.1, 0.15) is 43.0 Å². The third kappa shape index (κ3) is 4.54. The number of primary amides is 1. The molecule has 0 saturated carbocycles. The molecule has 0 aromatic carbocycles. The van der Waals surface area contributed by atoms with E-state index in [4.69, 9.17) is 5.73 Å². The van der Waals surface area contributed by atoms with Gasteiger partial charge in [0, 0.05) is 19.5 Å². The van der Waals surface area contributed by atoms with Crippen LogP contribution in [-0.4, -0.2) is 36.3 Å². The molecule has 21 heavy (non-hydrogen) atoms. The number of hydrogen-bond acceptors (Lipinski definition) is 4.